The Labute approximate surface area is 241 Å². The highest BCUT2D eigenvalue weighted by atomic mass is 16.6. The van der Waals surface area contributed by atoms with Crippen molar-refractivity contribution in [3.05, 3.63) is 17.8 Å². The van der Waals surface area contributed by atoms with E-state index in [0.717, 1.165) is 48.3 Å². The molecule has 9 nitrogen and oxygen atoms in total. The first kappa shape index (κ1) is 30.6. The molecular weight excluding hydrogens is 506 g/mol. The van der Waals surface area contributed by atoms with E-state index in [4.69, 9.17) is 14.5 Å². The minimum Gasteiger partial charge on any atom is -0.466 e. The van der Waals surface area contributed by atoms with E-state index >= 15 is 0 Å². The normalized spacial score (nSPS) is 26.5. The molecule has 0 spiro atoms. The number of amides is 1. The number of nitrogens with zero attached hydrogens (tertiary/aromatic N) is 3. The number of rotatable bonds is 9. The summed E-state index contributed by atoms with van der Waals surface area (Å²) in [5, 5.41) is 7.16. The Bertz CT molecular complexity index is 1030. The second-order valence-corrected chi connectivity index (χ2v) is 13.1. The summed E-state index contributed by atoms with van der Waals surface area (Å²) in [5.74, 6) is 1.07. The number of aromatic nitrogens is 1. The number of aryl methyl sites for hydroxylation is 1. The molecule has 40 heavy (non-hydrogen) atoms. The Morgan fingerprint density at radius 1 is 1.23 bits per heavy atom. The summed E-state index contributed by atoms with van der Waals surface area (Å²) in [4.78, 5) is 32.5. The van der Waals surface area contributed by atoms with Gasteiger partial charge in [0.25, 0.3) is 0 Å². The van der Waals surface area contributed by atoms with Gasteiger partial charge in [-0.15, -0.1) is 0 Å². The zero-order valence-electron chi connectivity index (χ0n) is 25.7. The quantitative estimate of drug-likeness (QED) is 0.250. The zero-order valence-corrected chi connectivity index (χ0v) is 25.7. The molecule has 4 rings (SSSR count). The number of nitrogens with one attached hydrogen (secondary N) is 2. The van der Waals surface area contributed by atoms with Crippen LogP contribution in [0.4, 0.5) is 16.3 Å². The Morgan fingerprint density at radius 3 is 2.55 bits per heavy atom. The van der Waals surface area contributed by atoms with Gasteiger partial charge in [-0.1, -0.05) is 0 Å². The number of carbonyl (C=O) groups excluding carboxylic acids is 2. The molecule has 1 unspecified atom stereocenters. The average Bonchev–Trinajstić information content (AvgIpc) is 3.57. The van der Waals surface area contributed by atoms with Crippen LogP contribution >= 0.6 is 0 Å². The summed E-state index contributed by atoms with van der Waals surface area (Å²) in [6, 6.07) is 5.63. The highest BCUT2D eigenvalue weighted by Crippen LogP contribution is 2.40. The summed E-state index contributed by atoms with van der Waals surface area (Å²) < 4.78 is 12.1. The van der Waals surface area contributed by atoms with Crippen molar-refractivity contribution in [3.63, 3.8) is 0 Å². The second kappa shape index (κ2) is 12.6. The molecular formula is C31H52N5O4+. The highest BCUT2D eigenvalue weighted by Gasteiger charge is 2.49. The van der Waals surface area contributed by atoms with Gasteiger partial charge in [-0.05, 0) is 73.3 Å². The number of ether oxygens (including phenoxy) is 2. The Hall–Kier alpha value is -2.39. The Balaban J connectivity index is 1.36. The minimum absolute atomic E-state index is 0.142. The van der Waals surface area contributed by atoms with E-state index in [1.54, 1.807) is 4.90 Å². The maximum Gasteiger partial charge on any atom is 0.410 e. The van der Waals surface area contributed by atoms with Crippen molar-refractivity contribution >= 4 is 23.6 Å². The lowest BCUT2D eigenvalue weighted by Crippen LogP contribution is -2.60. The maximum atomic E-state index is 13.1. The number of anilines is 1. The van der Waals surface area contributed by atoms with Crippen LogP contribution in [-0.2, 0) is 14.3 Å². The molecule has 2 N–H and O–H groups in total. The number of piperidine rings is 1. The predicted octanol–water partition coefficient (Wildman–Crippen LogP) is 5.01. The number of hydrogen-bond acceptors (Lipinski definition) is 7. The van der Waals surface area contributed by atoms with Gasteiger partial charge >= 0.3 is 12.1 Å². The monoisotopic (exact) mass is 558 g/mol. The van der Waals surface area contributed by atoms with Crippen molar-refractivity contribution in [3.8, 4) is 0 Å². The van der Waals surface area contributed by atoms with Crippen LogP contribution in [0.1, 0.15) is 85.3 Å². The molecule has 3 fully saturated rings. The molecule has 0 aliphatic carbocycles. The van der Waals surface area contributed by atoms with Crippen molar-refractivity contribution in [1.82, 2.24) is 19.7 Å². The smallest absolute Gasteiger partial charge is 0.410 e. The maximum absolute atomic E-state index is 13.1. The number of carbonyl (C=O) groups is 2. The standard InChI is InChI=1S/C31H52N5O4/c1-7-39-28(37)31(15-19-35(20-16-31)29(38)40-30(4,5)6)14-9-17-33-26-11-12-27(34-24(26)3)36(21-8-10-23(36)2)25-13-18-32-22-25/h11-12,23,25,32-33H,7-10,13-22H2,1-6H3/q+1/t23-,25+,36?/m0/s1. The lowest BCUT2D eigenvalue weighted by Gasteiger charge is -2.42. The van der Waals surface area contributed by atoms with Gasteiger partial charge in [0.1, 0.15) is 11.6 Å². The first-order chi connectivity index (χ1) is 19.0. The van der Waals surface area contributed by atoms with Crippen LogP contribution in [0.5, 0.6) is 0 Å². The van der Waals surface area contributed by atoms with Gasteiger partial charge in [-0.25, -0.2) is 4.79 Å². The van der Waals surface area contributed by atoms with Gasteiger partial charge in [0.05, 0.1) is 36.0 Å². The Kier molecular flexibility index (Phi) is 9.66. The van der Waals surface area contributed by atoms with Crippen molar-refractivity contribution in [2.24, 2.45) is 5.41 Å². The van der Waals surface area contributed by atoms with Crippen LogP contribution in [0.15, 0.2) is 12.1 Å². The largest absolute Gasteiger partial charge is 0.466 e. The lowest BCUT2D eigenvalue weighted by molar-refractivity contribution is -0.159. The third-order valence-electron chi connectivity index (χ3n) is 9.35. The van der Waals surface area contributed by atoms with Crippen LogP contribution in [0.3, 0.4) is 0 Å². The Morgan fingerprint density at radius 2 is 1.98 bits per heavy atom. The van der Waals surface area contributed by atoms with Gasteiger partial charge in [-0.3, -0.25) is 9.28 Å². The summed E-state index contributed by atoms with van der Waals surface area (Å²) in [5.41, 5.74) is 0.992. The van der Waals surface area contributed by atoms with Crippen molar-refractivity contribution in [2.45, 2.75) is 104 Å². The number of pyridine rings is 1. The van der Waals surface area contributed by atoms with Crippen molar-refractivity contribution < 1.29 is 19.1 Å². The number of likely N-dealkylation sites (tertiary alicyclic amines) is 2. The molecule has 3 saturated heterocycles. The third kappa shape index (κ3) is 6.56. The fourth-order valence-corrected chi connectivity index (χ4v) is 7.10. The molecule has 1 aromatic rings. The molecule has 1 amide bonds. The molecule has 0 aromatic carbocycles. The van der Waals surface area contributed by atoms with Gasteiger partial charge in [0.15, 0.2) is 0 Å². The van der Waals surface area contributed by atoms with Gasteiger partial charge in [0.2, 0.25) is 5.82 Å². The first-order valence-corrected chi connectivity index (χ1v) is 15.5. The van der Waals surface area contributed by atoms with Crippen LogP contribution in [0.25, 0.3) is 0 Å². The summed E-state index contributed by atoms with van der Waals surface area (Å²) in [7, 11) is 0. The van der Waals surface area contributed by atoms with Crippen molar-refractivity contribution in [1.29, 1.82) is 0 Å². The molecule has 0 radical (unpaired) electrons. The minimum atomic E-state index is -0.564. The number of esters is 1. The van der Waals surface area contributed by atoms with E-state index in [1.807, 2.05) is 27.7 Å². The molecule has 0 bridgehead atoms. The molecule has 9 heteroatoms. The second-order valence-electron chi connectivity index (χ2n) is 13.1. The molecule has 3 aliphatic heterocycles. The van der Waals surface area contributed by atoms with E-state index in [0.29, 0.717) is 44.6 Å². The van der Waals surface area contributed by atoms with Gasteiger partial charge in [-0.2, -0.15) is 4.98 Å². The van der Waals surface area contributed by atoms with Gasteiger partial charge in [0, 0.05) is 58.1 Å². The van der Waals surface area contributed by atoms with Crippen LogP contribution in [-0.4, -0.2) is 85.5 Å². The molecule has 1 aromatic heterocycles. The van der Waals surface area contributed by atoms with E-state index in [9.17, 15) is 9.59 Å². The molecule has 0 saturated carbocycles. The molecule has 4 heterocycles. The topological polar surface area (TPSA) is 92.8 Å². The van der Waals surface area contributed by atoms with Crippen LogP contribution in [0, 0.1) is 12.3 Å². The highest BCUT2D eigenvalue weighted by molar-refractivity contribution is 5.77. The lowest BCUT2D eigenvalue weighted by atomic mass is 9.74. The number of hydrogen-bond donors (Lipinski definition) is 2. The van der Waals surface area contributed by atoms with Crippen LogP contribution < -0.4 is 15.1 Å². The SMILES string of the molecule is CCOC(=O)C1(CCCNc2ccc([N+]3([C@@H]4CCNC4)CCC[C@@H]3C)nc2C)CCN(C(=O)OC(C)(C)C)CC1. The van der Waals surface area contributed by atoms with E-state index in [-0.39, 0.29) is 12.1 Å². The first-order valence-electron chi connectivity index (χ1n) is 15.5. The fourth-order valence-electron chi connectivity index (χ4n) is 7.10. The third-order valence-corrected chi connectivity index (χ3v) is 9.35. The summed E-state index contributed by atoms with van der Waals surface area (Å²) in [6.45, 7) is 17.4. The van der Waals surface area contributed by atoms with E-state index in [2.05, 4.69) is 36.6 Å². The fraction of sp³-hybridized carbons (Fsp3) is 0.774. The summed E-state index contributed by atoms with van der Waals surface area (Å²) >= 11 is 0. The van der Waals surface area contributed by atoms with Crippen molar-refractivity contribution in [2.75, 3.05) is 51.2 Å². The average molecular weight is 559 g/mol. The zero-order chi connectivity index (χ0) is 29.0. The molecule has 224 valence electrons. The van der Waals surface area contributed by atoms with E-state index in [1.165, 1.54) is 31.6 Å². The number of quaternary nitrogens is 1. The predicted molar refractivity (Wildman–Crippen MR) is 159 cm³/mol. The van der Waals surface area contributed by atoms with Crippen LogP contribution in [0.2, 0.25) is 0 Å². The van der Waals surface area contributed by atoms with E-state index < -0.39 is 11.0 Å². The summed E-state index contributed by atoms with van der Waals surface area (Å²) in [6.07, 6.45) is 6.15. The molecule has 3 atom stereocenters. The molecule has 3 aliphatic rings. The van der Waals surface area contributed by atoms with Gasteiger partial charge < -0.3 is 25.0 Å².